The van der Waals surface area contributed by atoms with Gasteiger partial charge in [0.15, 0.2) is 16.8 Å². The molecule has 0 amide bonds. The number of aryl methyl sites for hydroxylation is 3. The molecule has 7 aromatic heterocycles. The summed E-state index contributed by atoms with van der Waals surface area (Å²) in [5.41, 5.74) is 25.7. The Hall–Kier alpha value is -12.2. The molecule has 0 atom stereocenters. The first kappa shape index (κ1) is 77.0. The van der Waals surface area contributed by atoms with Gasteiger partial charge in [-0.1, -0.05) is 259 Å². The van der Waals surface area contributed by atoms with E-state index in [1.54, 1.807) is 17.5 Å². The van der Waals surface area contributed by atoms with Crippen LogP contribution in [0.5, 0.6) is 0 Å². The van der Waals surface area contributed by atoms with E-state index in [-0.39, 0.29) is 0 Å². The number of rotatable bonds is 12. The van der Waals surface area contributed by atoms with Crippen molar-refractivity contribution < 1.29 is 8.83 Å². The Morgan fingerprint density at radius 3 is 1.07 bits per heavy atom. The number of hydrogen-bond donors (Lipinski definition) is 0. The number of benzene rings is 11. The Labute approximate surface area is 656 Å². The van der Waals surface area contributed by atoms with Gasteiger partial charge in [0.1, 0.15) is 39.0 Å². The van der Waals surface area contributed by atoms with Gasteiger partial charge in [-0.2, -0.15) is 0 Å². The summed E-state index contributed by atoms with van der Waals surface area (Å²) in [6, 6.07) is 95.9. The van der Waals surface area contributed by atoms with Crippen molar-refractivity contribution >= 4 is 77.0 Å². The maximum atomic E-state index is 5.78. The molecule has 0 saturated carbocycles. The van der Waals surface area contributed by atoms with Gasteiger partial charge in [0.2, 0.25) is 11.8 Å². The van der Waals surface area contributed by atoms with Gasteiger partial charge in [0, 0.05) is 60.7 Å². The highest BCUT2D eigenvalue weighted by atomic mass is 32.1. The van der Waals surface area contributed by atoms with Crippen LogP contribution in [0.3, 0.4) is 0 Å². The van der Waals surface area contributed by atoms with Crippen LogP contribution in [0.15, 0.2) is 294 Å². The molecule has 7 heterocycles. The van der Waals surface area contributed by atoms with E-state index in [2.05, 4.69) is 325 Å². The van der Waals surface area contributed by atoms with Crippen LogP contribution >= 0.6 is 11.3 Å². The van der Waals surface area contributed by atoms with E-state index in [9.17, 15) is 0 Å². The quantitative estimate of drug-likeness (QED) is 0.117. The normalized spacial score (nSPS) is 11.3. The average molecular weight is 1480 g/mol. The standard InChI is InChI=1S/2C17H18N2.C16H17N3.2C16H15NO.C16H15NS/c1-12(2)13-7-6-8-14(11-13)17-18-15-9-4-5-10-16(15)19(17)3;1-12(2)13-8-10-14(11-9-13)17-18-15-6-4-5-7-16(15)19(17)3;1-11(2)12-6-8-13(9-7-12)15-18-14-5-4-10-17-16(14)19(15)3;1-11(2)12-6-5-7-13(10-12)16-17-14-8-3-4-9-15(14)18-16;2*1-11(2)12-7-9-13(10-8-12)16-17-14-5-3-4-6-15(14)18-16/h2*4-12H,1-3H3;4-11H,1-3H3;3*3-11H,1-2H3. The lowest BCUT2D eigenvalue weighted by Gasteiger charge is -2.08. The highest BCUT2D eigenvalue weighted by Gasteiger charge is 2.16. The molecule has 18 aromatic rings. The van der Waals surface area contributed by atoms with E-state index in [0.717, 1.165) is 89.1 Å². The van der Waals surface area contributed by atoms with E-state index in [0.29, 0.717) is 47.3 Å². The summed E-state index contributed by atoms with van der Waals surface area (Å²) < 4.78 is 19.1. The fourth-order valence-electron chi connectivity index (χ4n) is 13.2. The van der Waals surface area contributed by atoms with Gasteiger partial charge in [0.25, 0.3) is 0 Å². The number of oxazole rings is 2. The fourth-order valence-corrected chi connectivity index (χ4v) is 14.2. The lowest BCUT2D eigenvalue weighted by atomic mass is 10.0. The molecular weight excluding hydrogens is 1380 g/mol. The summed E-state index contributed by atoms with van der Waals surface area (Å²) in [5.74, 6) is 7.68. The minimum absolute atomic E-state index is 0.509. The van der Waals surface area contributed by atoms with Crippen molar-refractivity contribution in [2.45, 2.75) is 119 Å². The second-order valence-electron chi connectivity index (χ2n) is 29.9. The molecule has 0 fully saturated rings. The smallest absolute Gasteiger partial charge is 0.227 e. The predicted octanol–water partition coefficient (Wildman–Crippen LogP) is 26.8. The van der Waals surface area contributed by atoms with Crippen molar-refractivity contribution in [2.24, 2.45) is 21.1 Å². The Morgan fingerprint density at radius 1 is 0.270 bits per heavy atom. The van der Waals surface area contributed by atoms with E-state index >= 15 is 0 Å². The first-order valence-corrected chi connectivity index (χ1v) is 39.3. The predicted molar refractivity (Wildman–Crippen MR) is 465 cm³/mol. The zero-order chi connectivity index (χ0) is 77.8. The summed E-state index contributed by atoms with van der Waals surface area (Å²) in [7, 11) is 6.15. The number of nitrogens with zero attached hydrogens (tertiary/aromatic N) is 10. The number of hydrogen-bond acceptors (Lipinski definition) is 10. The van der Waals surface area contributed by atoms with Crippen LogP contribution in [0.4, 0.5) is 0 Å². The molecule has 12 nitrogen and oxygen atoms in total. The van der Waals surface area contributed by atoms with Gasteiger partial charge < -0.3 is 22.5 Å². The summed E-state index contributed by atoms with van der Waals surface area (Å²) >= 11 is 1.75. The Bertz CT molecular complexity index is 5740. The second-order valence-corrected chi connectivity index (χ2v) is 31.0. The lowest BCUT2D eigenvalue weighted by molar-refractivity contribution is 0.619. The fraction of sp³-hybridized carbons (Fsp3) is 0.214. The minimum atomic E-state index is 0.509. The summed E-state index contributed by atoms with van der Waals surface area (Å²) in [4.78, 5) is 32.2. The molecule has 0 radical (unpaired) electrons. The van der Waals surface area contributed by atoms with Crippen molar-refractivity contribution in [3.05, 3.63) is 319 Å². The van der Waals surface area contributed by atoms with Gasteiger partial charge in [-0.25, -0.2) is 34.9 Å². The number of aromatic nitrogens is 10. The summed E-state index contributed by atoms with van der Waals surface area (Å²) in [5, 5.41) is 1.10. The van der Waals surface area contributed by atoms with Crippen LogP contribution in [-0.4, -0.2) is 48.6 Å². The molecule has 0 spiro atoms. The first-order chi connectivity index (χ1) is 53.7. The van der Waals surface area contributed by atoms with Gasteiger partial charge in [-0.05, 0) is 172 Å². The van der Waals surface area contributed by atoms with Crippen LogP contribution in [0.25, 0.3) is 133 Å². The molecule has 0 bridgehead atoms. The number of pyridine rings is 1. The molecule has 13 heteroatoms. The number of thiazole rings is 1. The van der Waals surface area contributed by atoms with Gasteiger partial charge >= 0.3 is 0 Å². The number of imidazole rings is 3. The zero-order valence-corrected chi connectivity index (χ0v) is 67.1. The van der Waals surface area contributed by atoms with Gasteiger partial charge in [-0.3, -0.25) is 0 Å². The topological polar surface area (TPSA) is 131 Å². The van der Waals surface area contributed by atoms with Crippen LogP contribution in [0.1, 0.15) is 152 Å². The summed E-state index contributed by atoms with van der Waals surface area (Å²) in [6.45, 7) is 26.4. The van der Waals surface area contributed by atoms with Crippen molar-refractivity contribution in [2.75, 3.05) is 0 Å². The molecule has 11 aromatic carbocycles. The molecule has 0 N–H and O–H groups in total. The first-order valence-electron chi connectivity index (χ1n) is 38.5. The van der Waals surface area contributed by atoms with Crippen LogP contribution in [-0.2, 0) is 21.1 Å². The largest absolute Gasteiger partial charge is 0.436 e. The highest BCUT2D eigenvalue weighted by molar-refractivity contribution is 7.21. The number of para-hydroxylation sites is 9. The lowest BCUT2D eigenvalue weighted by Crippen LogP contribution is -1.94. The number of fused-ring (bicyclic) bond motifs is 6. The van der Waals surface area contributed by atoms with E-state index in [1.807, 2.05) is 96.5 Å². The van der Waals surface area contributed by atoms with Crippen LogP contribution in [0.2, 0.25) is 0 Å². The third kappa shape index (κ3) is 18.2. The Balaban J connectivity index is 0.000000117. The van der Waals surface area contributed by atoms with Crippen molar-refractivity contribution in [1.29, 1.82) is 0 Å². The van der Waals surface area contributed by atoms with Crippen molar-refractivity contribution in [1.82, 2.24) is 48.6 Å². The molecular formula is C98H98N10O2S. The maximum absolute atomic E-state index is 5.78. The van der Waals surface area contributed by atoms with Crippen molar-refractivity contribution in [3.63, 3.8) is 0 Å². The molecule has 0 aliphatic heterocycles. The molecule has 558 valence electrons. The minimum Gasteiger partial charge on any atom is -0.436 e. The Kier molecular flexibility index (Phi) is 24.3. The molecule has 0 aliphatic rings. The zero-order valence-electron chi connectivity index (χ0n) is 66.3. The van der Waals surface area contributed by atoms with E-state index < -0.39 is 0 Å². The third-order valence-electron chi connectivity index (χ3n) is 20.0. The molecule has 111 heavy (non-hydrogen) atoms. The molecule has 18 rings (SSSR count). The Morgan fingerprint density at radius 2 is 0.631 bits per heavy atom. The second kappa shape index (κ2) is 35.0. The third-order valence-corrected chi connectivity index (χ3v) is 21.1. The summed E-state index contributed by atoms with van der Waals surface area (Å²) in [6.07, 6.45) is 1.80. The molecule has 0 saturated heterocycles. The monoisotopic (exact) mass is 1480 g/mol. The van der Waals surface area contributed by atoms with Gasteiger partial charge in [0.05, 0.1) is 32.3 Å². The SMILES string of the molecule is CC(C)c1ccc(-c2nc3ccccc3n2C)cc1.CC(C)c1ccc(-c2nc3ccccc3o2)cc1.CC(C)c1ccc(-c2nc3ccccc3s2)cc1.CC(C)c1ccc(-c2nc3cccnc3n2C)cc1.CC(C)c1cccc(-c2nc3ccccc3n2C)c1.CC(C)c1cccc(-c2nc3ccccc3o2)c1. The maximum Gasteiger partial charge on any atom is 0.227 e. The molecule has 0 unspecified atom stereocenters. The van der Waals surface area contributed by atoms with Crippen molar-refractivity contribution in [3.8, 4) is 67.6 Å². The van der Waals surface area contributed by atoms with Crippen LogP contribution in [0, 0.1) is 0 Å². The van der Waals surface area contributed by atoms with Crippen LogP contribution < -0.4 is 0 Å². The molecule has 0 aliphatic carbocycles. The highest BCUT2D eigenvalue weighted by Crippen LogP contribution is 2.34. The van der Waals surface area contributed by atoms with Gasteiger partial charge in [-0.15, -0.1) is 11.3 Å². The average Bonchev–Trinajstić information content (AvgIpc) is 1.66. The van der Waals surface area contributed by atoms with E-state index in [4.69, 9.17) is 18.8 Å². The van der Waals surface area contributed by atoms with E-state index in [1.165, 1.54) is 65.8 Å².